The highest BCUT2D eigenvalue weighted by Gasteiger charge is 2.28. The van der Waals surface area contributed by atoms with Gasteiger partial charge < -0.3 is 10.1 Å². The molecule has 3 heterocycles. The second-order valence-corrected chi connectivity index (χ2v) is 10.0. The van der Waals surface area contributed by atoms with Crippen molar-refractivity contribution in [2.75, 3.05) is 11.9 Å². The number of fused-ring (bicyclic) bond motifs is 1. The first-order valence-corrected chi connectivity index (χ1v) is 13.0. The van der Waals surface area contributed by atoms with E-state index in [4.69, 9.17) is 9.72 Å². The number of hydrogen-bond acceptors (Lipinski definition) is 7. The topological polar surface area (TPSA) is 108 Å². The monoisotopic (exact) mass is 517 g/mol. The average molecular weight is 518 g/mol. The van der Waals surface area contributed by atoms with E-state index in [1.54, 1.807) is 11.6 Å². The van der Waals surface area contributed by atoms with E-state index in [-0.39, 0.29) is 24.7 Å². The molecule has 0 spiro atoms. The van der Waals surface area contributed by atoms with Gasteiger partial charge in [0.05, 0.1) is 23.6 Å². The van der Waals surface area contributed by atoms with Crippen molar-refractivity contribution in [3.63, 3.8) is 0 Å². The number of rotatable bonds is 7. The fourth-order valence-corrected chi connectivity index (χ4v) is 5.91. The lowest BCUT2D eigenvalue weighted by Gasteiger charge is -2.15. The van der Waals surface area contributed by atoms with E-state index in [0.29, 0.717) is 16.3 Å². The van der Waals surface area contributed by atoms with Crippen molar-refractivity contribution in [3.8, 4) is 17.2 Å². The highest BCUT2D eigenvalue weighted by Crippen LogP contribution is 2.39. The second-order valence-electron chi connectivity index (χ2n) is 8.90. The van der Waals surface area contributed by atoms with Gasteiger partial charge in [0.1, 0.15) is 11.5 Å². The predicted molar refractivity (Wildman–Crippen MR) is 141 cm³/mol. The van der Waals surface area contributed by atoms with E-state index in [2.05, 4.69) is 10.4 Å². The van der Waals surface area contributed by atoms with E-state index < -0.39 is 11.9 Å². The number of anilines is 1. The Morgan fingerprint density at radius 3 is 2.62 bits per heavy atom. The minimum atomic E-state index is -0.440. The minimum Gasteiger partial charge on any atom is -0.462 e. The molecule has 0 aliphatic heterocycles. The highest BCUT2D eigenvalue weighted by molar-refractivity contribution is 7.17. The van der Waals surface area contributed by atoms with Gasteiger partial charge in [0.2, 0.25) is 11.9 Å². The van der Waals surface area contributed by atoms with Crippen LogP contribution in [0.5, 0.6) is 0 Å². The number of benzene rings is 1. The third-order valence-electron chi connectivity index (χ3n) is 6.21. The molecular formula is C27H27N5O4S. The molecule has 0 atom stereocenters. The van der Waals surface area contributed by atoms with Gasteiger partial charge in [-0.05, 0) is 51.7 Å². The molecule has 1 N–H and O–H groups in total. The van der Waals surface area contributed by atoms with Crippen LogP contribution in [0.4, 0.5) is 5.00 Å². The smallest absolute Gasteiger partial charge is 0.341 e. The summed E-state index contributed by atoms with van der Waals surface area (Å²) in [4.78, 5) is 45.1. The van der Waals surface area contributed by atoms with Crippen molar-refractivity contribution < 1.29 is 14.3 Å². The molecule has 10 heteroatoms. The van der Waals surface area contributed by atoms with Crippen LogP contribution < -0.4 is 10.9 Å². The summed E-state index contributed by atoms with van der Waals surface area (Å²) < 4.78 is 8.13. The van der Waals surface area contributed by atoms with Crippen molar-refractivity contribution in [2.24, 2.45) is 0 Å². The number of aromatic nitrogens is 4. The number of ether oxygens (including phenoxy) is 1. The Labute approximate surface area is 217 Å². The summed E-state index contributed by atoms with van der Waals surface area (Å²) in [6.07, 6.45) is 2.62. The summed E-state index contributed by atoms with van der Waals surface area (Å²) in [5, 5.41) is 7.83. The number of carbonyl (C=O) groups excluding carboxylic acids is 2. The number of esters is 1. The summed E-state index contributed by atoms with van der Waals surface area (Å²) >= 11 is 1.40. The molecule has 1 aliphatic carbocycles. The average Bonchev–Trinajstić information content (AvgIpc) is 3.54. The summed E-state index contributed by atoms with van der Waals surface area (Å²) in [5.74, 6) is -0.636. The van der Waals surface area contributed by atoms with Crippen LogP contribution in [0.3, 0.4) is 0 Å². The van der Waals surface area contributed by atoms with E-state index in [9.17, 15) is 14.4 Å². The first kappa shape index (κ1) is 24.6. The number of carbonyl (C=O) groups is 2. The summed E-state index contributed by atoms with van der Waals surface area (Å²) in [6.45, 7) is 5.43. The summed E-state index contributed by atoms with van der Waals surface area (Å²) in [6, 6.07) is 12.7. The van der Waals surface area contributed by atoms with Crippen molar-refractivity contribution in [3.05, 3.63) is 80.2 Å². The molecule has 0 radical (unpaired) electrons. The van der Waals surface area contributed by atoms with Crippen LogP contribution in [-0.4, -0.2) is 37.8 Å². The zero-order valence-electron chi connectivity index (χ0n) is 20.9. The molecule has 37 heavy (non-hydrogen) atoms. The lowest BCUT2D eigenvalue weighted by atomic mass is 10.1. The molecule has 9 nitrogen and oxygen atoms in total. The zero-order valence-corrected chi connectivity index (χ0v) is 21.7. The van der Waals surface area contributed by atoms with Gasteiger partial charge in [-0.1, -0.05) is 30.3 Å². The number of amides is 1. The molecule has 0 saturated heterocycles. The molecule has 3 aromatic heterocycles. The Morgan fingerprint density at radius 2 is 1.92 bits per heavy atom. The normalized spacial score (nSPS) is 12.4. The maximum absolute atomic E-state index is 13.3. The standard InChI is InChI=1S/C27H27N5O4S/c1-4-36-26(35)24-19-11-8-12-21(19)37-25(24)29-22(33)15-31-23(34)14-20(18-9-6-5-7-10-18)28-27(31)32-17(3)13-16(2)30-32/h5-7,9-10,13-14H,4,8,11-12,15H2,1-3H3,(H,29,33). The van der Waals surface area contributed by atoms with E-state index in [0.717, 1.165) is 46.7 Å². The van der Waals surface area contributed by atoms with Crippen molar-refractivity contribution >= 4 is 28.2 Å². The fourth-order valence-electron chi connectivity index (χ4n) is 4.61. The first-order chi connectivity index (χ1) is 17.9. The summed E-state index contributed by atoms with van der Waals surface area (Å²) in [7, 11) is 0. The Kier molecular flexibility index (Phi) is 6.75. The number of aryl methyl sites for hydroxylation is 3. The maximum atomic E-state index is 13.3. The van der Waals surface area contributed by atoms with Gasteiger partial charge in [-0.15, -0.1) is 11.3 Å². The molecule has 5 rings (SSSR count). The fraction of sp³-hybridized carbons (Fsp3) is 0.296. The van der Waals surface area contributed by atoms with Crippen molar-refractivity contribution in [1.82, 2.24) is 19.3 Å². The Balaban J connectivity index is 1.52. The highest BCUT2D eigenvalue weighted by atomic mass is 32.1. The van der Waals surface area contributed by atoms with Gasteiger partial charge in [0, 0.05) is 22.2 Å². The number of thiophene rings is 1. The predicted octanol–water partition coefficient (Wildman–Crippen LogP) is 4.08. The molecule has 1 amide bonds. The summed E-state index contributed by atoms with van der Waals surface area (Å²) in [5.41, 5.74) is 3.81. The minimum absolute atomic E-state index is 0.242. The van der Waals surface area contributed by atoms with Gasteiger partial charge in [0.15, 0.2) is 0 Å². The van der Waals surface area contributed by atoms with Crippen LogP contribution in [0.25, 0.3) is 17.2 Å². The molecular weight excluding hydrogens is 490 g/mol. The molecule has 1 aromatic carbocycles. The van der Waals surface area contributed by atoms with Crippen LogP contribution >= 0.6 is 11.3 Å². The Bertz CT molecular complexity index is 1550. The number of nitrogens with one attached hydrogen (secondary N) is 1. The third-order valence-corrected chi connectivity index (χ3v) is 7.42. The van der Waals surface area contributed by atoms with Crippen molar-refractivity contribution in [1.29, 1.82) is 0 Å². The molecule has 0 unspecified atom stereocenters. The lowest BCUT2D eigenvalue weighted by Crippen LogP contribution is -2.32. The van der Waals surface area contributed by atoms with Crippen LogP contribution in [0, 0.1) is 13.8 Å². The van der Waals surface area contributed by atoms with Crippen LogP contribution in [0.2, 0.25) is 0 Å². The van der Waals surface area contributed by atoms with Gasteiger partial charge in [-0.25, -0.2) is 14.5 Å². The molecule has 4 aromatic rings. The Morgan fingerprint density at radius 1 is 1.14 bits per heavy atom. The molecule has 0 saturated carbocycles. The largest absolute Gasteiger partial charge is 0.462 e. The Hall–Kier alpha value is -4.05. The quantitative estimate of drug-likeness (QED) is 0.370. The van der Waals surface area contributed by atoms with Crippen LogP contribution in [0.15, 0.2) is 47.3 Å². The van der Waals surface area contributed by atoms with Gasteiger partial charge >= 0.3 is 5.97 Å². The van der Waals surface area contributed by atoms with E-state index in [1.807, 2.05) is 50.2 Å². The molecule has 190 valence electrons. The molecule has 1 aliphatic rings. The molecule has 0 bridgehead atoms. The van der Waals surface area contributed by atoms with E-state index >= 15 is 0 Å². The van der Waals surface area contributed by atoms with Gasteiger partial charge in [0.25, 0.3) is 5.56 Å². The SMILES string of the molecule is CCOC(=O)c1c(NC(=O)Cn2c(-n3nc(C)cc3C)nc(-c3ccccc3)cc2=O)sc2c1CCC2. The van der Waals surface area contributed by atoms with E-state index in [1.165, 1.54) is 22.0 Å². The zero-order chi connectivity index (χ0) is 26.1. The van der Waals surface area contributed by atoms with Gasteiger partial charge in [-0.3, -0.25) is 14.2 Å². The van der Waals surface area contributed by atoms with Crippen LogP contribution in [0.1, 0.15) is 45.5 Å². The van der Waals surface area contributed by atoms with Crippen molar-refractivity contribution in [2.45, 2.75) is 46.6 Å². The number of nitrogens with zero attached hydrogens (tertiary/aromatic N) is 4. The third kappa shape index (κ3) is 4.84. The molecule has 0 fully saturated rings. The first-order valence-electron chi connectivity index (χ1n) is 12.2. The second kappa shape index (κ2) is 10.1. The maximum Gasteiger partial charge on any atom is 0.341 e. The van der Waals surface area contributed by atoms with Gasteiger partial charge in [-0.2, -0.15) is 5.10 Å². The van der Waals surface area contributed by atoms with Crippen LogP contribution in [-0.2, 0) is 28.9 Å². The lowest BCUT2D eigenvalue weighted by molar-refractivity contribution is -0.116. The number of hydrogen-bond donors (Lipinski definition) is 1.